The molecule has 0 aliphatic heterocycles. The van der Waals surface area contributed by atoms with Gasteiger partial charge in [-0.1, -0.05) is 32.1 Å². The third-order valence-corrected chi connectivity index (χ3v) is 3.47. The number of aryl methyl sites for hydroxylation is 1. The number of hydrogen-bond donors (Lipinski definition) is 1. The average molecular weight is 221 g/mol. The number of nitrogens with one attached hydrogen (secondary N) is 1. The number of furan rings is 1. The van der Waals surface area contributed by atoms with Crippen LogP contribution < -0.4 is 5.32 Å². The van der Waals surface area contributed by atoms with E-state index in [1.165, 1.54) is 44.9 Å². The van der Waals surface area contributed by atoms with E-state index in [0.717, 1.165) is 18.1 Å². The fourth-order valence-electron chi connectivity index (χ4n) is 2.49. The van der Waals surface area contributed by atoms with E-state index in [9.17, 15) is 0 Å². The maximum atomic E-state index is 5.57. The molecular weight excluding hydrogens is 198 g/mol. The van der Waals surface area contributed by atoms with Gasteiger partial charge in [-0.3, -0.25) is 0 Å². The van der Waals surface area contributed by atoms with Crippen LogP contribution in [0.5, 0.6) is 0 Å². The summed E-state index contributed by atoms with van der Waals surface area (Å²) < 4.78 is 5.57. The summed E-state index contributed by atoms with van der Waals surface area (Å²) in [5.74, 6) is 2.08. The van der Waals surface area contributed by atoms with Gasteiger partial charge in [-0.15, -0.1) is 0 Å². The fraction of sp³-hybridized carbons (Fsp3) is 0.714. The minimum atomic E-state index is 0.700. The second kappa shape index (κ2) is 6.09. The first-order valence-electron chi connectivity index (χ1n) is 6.63. The average Bonchev–Trinajstić information content (AvgIpc) is 2.63. The summed E-state index contributed by atoms with van der Waals surface area (Å²) in [5, 5.41) is 3.63. The lowest BCUT2D eigenvalue weighted by molar-refractivity contribution is 0.368. The van der Waals surface area contributed by atoms with Crippen molar-refractivity contribution in [1.29, 1.82) is 0 Å². The molecule has 0 atom stereocenters. The molecule has 90 valence electrons. The van der Waals surface area contributed by atoms with Gasteiger partial charge in [0.25, 0.3) is 0 Å². The molecule has 1 N–H and O–H groups in total. The second-order valence-corrected chi connectivity index (χ2v) is 4.94. The third kappa shape index (κ3) is 3.67. The van der Waals surface area contributed by atoms with Crippen molar-refractivity contribution in [2.24, 2.45) is 0 Å². The highest BCUT2D eigenvalue weighted by Gasteiger charge is 2.11. The molecule has 16 heavy (non-hydrogen) atoms. The molecule has 0 spiro atoms. The lowest BCUT2D eigenvalue weighted by Gasteiger charge is -2.20. The number of rotatable bonds is 3. The topological polar surface area (TPSA) is 25.2 Å². The van der Waals surface area contributed by atoms with E-state index in [2.05, 4.69) is 11.4 Å². The minimum Gasteiger partial charge on any atom is -0.465 e. The van der Waals surface area contributed by atoms with Gasteiger partial charge in [-0.05, 0) is 31.9 Å². The molecule has 1 saturated carbocycles. The van der Waals surface area contributed by atoms with Gasteiger partial charge in [0.1, 0.15) is 11.5 Å². The molecule has 0 amide bonds. The lowest BCUT2D eigenvalue weighted by atomic mass is 9.97. The van der Waals surface area contributed by atoms with Crippen molar-refractivity contribution in [3.05, 3.63) is 23.7 Å². The second-order valence-electron chi connectivity index (χ2n) is 4.94. The standard InChI is InChI=1S/C14H23NO/c1-12-9-10-14(16-12)11-15-13-7-5-3-2-4-6-8-13/h9-10,13,15H,2-8,11H2,1H3. The van der Waals surface area contributed by atoms with E-state index in [1.54, 1.807) is 0 Å². The van der Waals surface area contributed by atoms with Gasteiger partial charge in [0, 0.05) is 6.04 Å². The van der Waals surface area contributed by atoms with E-state index in [0.29, 0.717) is 6.04 Å². The van der Waals surface area contributed by atoms with Crippen LogP contribution >= 0.6 is 0 Å². The zero-order chi connectivity index (χ0) is 11.2. The van der Waals surface area contributed by atoms with Crippen LogP contribution in [-0.4, -0.2) is 6.04 Å². The molecule has 1 aromatic rings. The van der Waals surface area contributed by atoms with E-state index in [-0.39, 0.29) is 0 Å². The predicted molar refractivity (Wildman–Crippen MR) is 66.4 cm³/mol. The predicted octanol–water partition coefficient (Wildman–Crippen LogP) is 3.79. The molecule has 0 aromatic carbocycles. The van der Waals surface area contributed by atoms with Crippen molar-refractivity contribution in [1.82, 2.24) is 5.32 Å². The van der Waals surface area contributed by atoms with Crippen molar-refractivity contribution in [2.75, 3.05) is 0 Å². The summed E-state index contributed by atoms with van der Waals surface area (Å²) in [4.78, 5) is 0. The maximum absolute atomic E-state index is 5.57. The molecular formula is C14H23NO. The van der Waals surface area contributed by atoms with Gasteiger partial charge < -0.3 is 9.73 Å². The highest BCUT2D eigenvalue weighted by molar-refractivity contribution is 5.05. The minimum absolute atomic E-state index is 0.700. The van der Waals surface area contributed by atoms with E-state index < -0.39 is 0 Å². The monoisotopic (exact) mass is 221 g/mol. The molecule has 0 saturated heterocycles. The third-order valence-electron chi connectivity index (χ3n) is 3.47. The summed E-state index contributed by atoms with van der Waals surface area (Å²) >= 11 is 0. The molecule has 0 bridgehead atoms. The fourth-order valence-corrected chi connectivity index (χ4v) is 2.49. The Morgan fingerprint density at radius 1 is 1.12 bits per heavy atom. The summed E-state index contributed by atoms with van der Waals surface area (Å²) in [6, 6.07) is 4.81. The summed E-state index contributed by atoms with van der Waals surface area (Å²) in [7, 11) is 0. The van der Waals surface area contributed by atoms with Crippen molar-refractivity contribution >= 4 is 0 Å². The molecule has 2 rings (SSSR count). The first-order chi connectivity index (χ1) is 7.84. The van der Waals surface area contributed by atoms with Crippen molar-refractivity contribution in [3.8, 4) is 0 Å². The summed E-state index contributed by atoms with van der Waals surface area (Å²) in [6.07, 6.45) is 9.70. The maximum Gasteiger partial charge on any atom is 0.117 e. The van der Waals surface area contributed by atoms with Crippen LogP contribution in [0.25, 0.3) is 0 Å². The molecule has 1 fully saturated rings. The van der Waals surface area contributed by atoms with E-state index >= 15 is 0 Å². The van der Waals surface area contributed by atoms with Crippen molar-refractivity contribution < 1.29 is 4.42 Å². The molecule has 0 radical (unpaired) electrons. The molecule has 1 heterocycles. The first kappa shape index (κ1) is 11.7. The van der Waals surface area contributed by atoms with Crippen LogP contribution in [0.2, 0.25) is 0 Å². The van der Waals surface area contributed by atoms with Gasteiger partial charge in [-0.2, -0.15) is 0 Å². The van der Waals surface area contributed by atoms with Gasteiger partial charge in [0.2, 0.25) is 0 Å². The highest BCUT2D eigenvalue weighted by Crippen LogP contribution is 2.17. The van der Waals surface area contributed by atoms with Crippen LogP contribution in [0.4, 0.5) is 0 Å². The van der Waals surface area contributed by atoms with Gasteiger partial charge in [0.05, 0.1) is 6.54 Å². The molecule has 1 aliphatic rings. The highest BCUT2D eigenvalue weighted by atomic mass is 16.3. The quantitative estimate of drug-likeness (QED) is 0.840. The van der Waals surface area contributed by atoms with Gasteiger partial charge in [0.15, 0.2) is 0 Å². The zero-order valence-electron chi connectivity index (χ0n) is 10.3. The zero-order valence-corrected chi connectivity index (χ0v) is 10.3. The Labute approximate surface area is 98.4 Å². The van der Waals surface area contributed by atoms with E-state index in [1.807, 2.05) is 13.0 Å². The SMILES string of the molecule is Cc1ccc(CNC2CCCCCCC2)o1. The van der Waals surface area contributed by atoms with Crippen molar-refractivity contribution in [2.45, 2.75) is 64.5 Å². The van der Waals surface area contributed by atoms with Crippen LogP contribution in [0.15, 0.2) is 16.5 Å². The molecule has 2 nitrogen and oxygen atoms in total. The van der Waals surface area contributed by atoms with Crippen molar-refractivity contribution in [3.63, 3.8) is 0 Å². The molecule has 1 aliphatic carbocycles. The Morgan fingerprint density at radius 3 is 2.44 bits per heavy atom. The van der Waals surface area contributed by atoms with Crippen LogP contribution in [0, 0.1) is 6.92 Å². The Balaban J connectivity index is 1.75. The smallest absolute Gasteiger partial charge is 0.117 e. The molecule has 1 aromatic heterocycles. The van der Waals surface area contributed by atoms with E-state index in [4.69, 9.17) is 4.42 Å². The Bertz CT molecular complexity index is 297. The largest absolute Gasteiger partial charge is 0.465 e. The van der Waals surface area contributed by atoms with Crippen LogP contribution in [0.1, 0.15) is 56.5 Å². The van der Waals surface area contributed by atoms with Crippen LogP contribution in [-0.2, 0) is 6.54 Å². The van der Waals surface area contributed by atoms with Gasteiger partial charge in [-0.25, -0.2) is 0 Å². The summed E-state index contributed by atoms with van der Waals surface area (Å²) in [6.45, 7) is 2.89. The van der Waals surface area contributed by atoms with Crippen LogP contribution in [0.3, 0.4) is 0 Å². The molecule has 2 heteroatoms. The lowest BCUT2D eigenvalue weighted by Crippen LogP contribution is -2.29. The Morgan fingerprint density at radius 2 is 1.81 bits per heavy atom. The first-order valence-corrected chi connectivity index (χ1v) is 6.63. The Hall–Kier alpha value is -0.760. The number of hydrogen-bond acceptors (Lipinski definition) is 2. The van der Waals surface area contributed by atoms with Gasteiger partial charge >= 0.3 is 0 Å². The Kier molecular flexibility index (Phi) is 4.46. The summed E-state index contributed by atoms with van der Waals surface area (Å²) in [5.41, 5.74) is 0. The normalized spacial score (nSPS) is 19.3. The molecule has 0 unspecified atom stereocenters.